The number of hydrogen-bond donors (Lipinski definition) is 1. The van der Waals surface area contributed by atoms with Crippen molar-refractivity contribution in [3.63, 3.8) is 0 Å². The molecule has 1 N–H and O–H groups in total. The van der Waals surface area contributed by atoms with Gasteiger partial charge in [0.25, 0.3) is 0 Å². The summed E-state index contributed by atoms with van der Waals surface area (Å²) in [7, 11) is 0. The summed E-state index contributed by atoms with van der Waals surface area (Å²) < 4.78 is 0. The molecule has 1 aliphatic heterocycles. The lowest BCUT2D eigenvalue weighted by molar-refractivity contribution is 0.304. The number of nitrogens with one attached hydrogen (secondary N) is 1. The summed E-state index contributed by atoms with van der Waals surface area (Å²) in [6.07, 6.45) is 1.17. The molecule has 1 heterocycles. The summed E-state index contributed by atoms with van der Waals surface area (Å²) in [4.78, 5) is 2.43. The highest BCUT2D eigenvalue weighted by molar-refractivity contribution is 5.33. The van der Waals surface area contributed by atoms with E-state index in [9.17, 15) is 0 Å². The molecule has 0 saturated carbocycles. The molecular formula is C16H24N2. The second kappa shape index (κ2) is 6.17. The Balaban J connectivity index is 2.06. The van der Waals surface area contributed by atoms with Crippen molar-refractivity contribution in [3.05, 3.63) is 47.0 Å². The molecule has 1 aromatic carbocycles. The van der Waals surface area contributed by atoms with E-state index in [1.54, 1.807) is 0 Å². The zero-order chi connectivity index (χ0) is 13.0. The molecule has 0 unspecified atom stereocenters. The number of likely N-dealkylation sites (N-methyl/N-ethyl adjacent to an activating group) is 1. The van der Waals surface area contributed by atoms with Crippen LogP contribution < -0.4 is 5.32 Å². The predicted molar refractivity (Wildman–Crippen MR) is 77.6 cm³/mol. The van der Waals surface area contributed by atoms with Gasteiger partial charge >= 0.3 is 0 Å². The zero-order valence-electron chi connectivity index (χ0n) is 11.6. The van der Waals surface area contributed by atoms with Crippen molar-refractivity contribution in [2.24, 2.45) is 0 Å². The van der Waals surface area contributed by atoms with Crippen LogP contribution in [0.15, 0.2) is 30.4 Å². The first-order valence-corrected chi connectivity index (χ1v) is 6.87. The number of nitrogens with zero attached hydrogens (tertiary/aromatic N) is 1. The topological polar surface area (TPSA) is 15.3 Å². The van der Waals surface area contributed by atoms with Gasteiger partial charge in [0.05, 0.1) is 0 Å². The molecule has 0 bridgehead atoms. The molecular weight excluding hydrogens is 220 g/mol. The Morgan fingerprint density at radius 2 is 2.22 bits per heavy atom. The van der Waals surface area contributed by atoms with Crippen molar-refractivity contribution < 1.29 is 0 Å². The first-order valence-electron chi connectivity index (χ1n) is 6.87. The zero-order valence-corrected chi connectivity index (χ0v) is 11.6. The minimum Gasteiger partial charge on any atom is -0.312 e. The van der Waals surface area contributed by atoms with Crippen LogP contribution in [-0.4, -0.2) is 24.5 Å². The summed E-state index contributed by atoms with van der Waals surface area (Å²) in [5.74, 6) is 0. The van der Waals surface area contributed by atoms with Crippen LogP contribution in [0.5, 0.6) is 0 Å². The average molecular weight is 244 g/mol. The number of benzene rings is 1. The SMILES string of the molecule is C=C(C)CN(CC)Cc1ccc2c(c1)CNCC2. The summed E-state index contributed by atoms with van der Waals surface area (Å²) >= 11 is 0. The molecule has 1 aromatic rings. The fraction of sp³-hybridized carbons (Fsp3) is 0.500. The molecule has 0 aromatic heterocycles. The van der Waals surface area contributed by atoms with Gasteiger partial charge in [-0.15, -0.1) is 0 Å². The molecule has 2 rings (SSSR count). The Morgan fingerprint density at radius 1 is 1.39 bits per heavy atom. The van der Waals surface area contributed by atoms with E-state index in [4.69, 9.17) is 0 Å². The molecule has 0 saturated heterocycles. The molecule has 2 heteroatoms. The van der Waals surface area contributed by atoms with Gasteiger partial charge < -0.3 is 5.32 Å². The van der Waals surface area contributed by atoms with Crippen molar-refractivity contribution >= 4 is 0 Å². The molecule has 0 fully saturated rings. The molecule has 18 heavy (non-hydrogen) atoms. The summed E-state index contributed by atoms with van der Waals surface area (Å²) in [6.45, 7) is 13.5. The van der Waals surface area contributed by atoms with Crippen LogP contribution >= 0.6 is 0 Å². The van der Waals surface area contributed by atoms with Crippen molar-refractivity contribution in [1.82, 2.24) is 10.2 Å². The van der Waals surface area contributed by atoms with E-state index in [0.29, 0.717) is 0 Å². The quantitative estimate of drug-likeness (QED) is 0.801. The molecule has 1 aliphatic rings. The molecule has 0 spiro atoms. The number of rotatable bonds is 5. The van der Waals surface area contributed by atoms with Crippen molar-refractivity contribution in [1.29, 1.82) is 0 Å². The first-order chi connectivity index (χ1) is 8.69. The average Bonchev–Trinajstić information content (AvgIpc) is 2.37. The van der Waals surface area contributed by atoms with E-state index in [2.05, 4.69) is 48.8 Å². The van der Waals surface area contributed by atoms with Gasteiger partial charge in [0.2, 0.25) is 0 Å². The van der Waals surface area contributed by atoms with Crippen molar-refractivity contribution in [3.8, 4) is 0 Å². The third kappa shape index (κ3) is 3.44. The van der Waals surface area contributed by atoms with E-state index < -0.39 is 0 Å². The number of fused-ring (bicyclic) bond motifs is 1. The van der Waals surface area contributed by atoms with Gasteiger partial charge in [-0.3, -0.25) is 4.90 Å². The predicted octanol–water partition coefficient (Wildman–Crippen LogP) is 2.73. The molecule has 0 amide bonds. The minimum atomic E-state index is 0.992. The lowest BCUT2D eigenvalue weighted by Crippen LogP contribution is -2.26. The van der Waals surface area contributed by atoms with Crippen molar-refractivity contribution in [2.45, 2.75) is 33.4 Å². The van der Waals surface area contributed by atoms with E-state index in [-0.39, 0.29) is 0 Å². The summed E-state index contributed by atoms with van der Waals surface area (Å²) in [5.41, 5.74) is 5.64. The Bertz CT molecular complexity index is 423. The normalized spacial score (nSPS) is 14.6. The van der Waals surface area contributed by atoms with E-state index in [0.717, 1.165) is 32.7 Å². The van der Waals surface area contributed by atoms with E-state index in [1.807, 2.05) is 0 Å². The van der Waals surface area contributed by atoms with Crippen LogP contribution in [0.4, 0.5) is 0 Å². The maximum absolute atomic E-state index is 4.00. The van der Waals surface area contributed by atoms with E-state index >= 15 is 0 Å². The van der Waals surface area contributed by atoms with Gasteiger partial charge in [0, 0.05) is 19.6 Å². The highest BCUT2D eigenvalue weighted by atomic mass is 15.1. The standard InChI is InChI=1S/C16H24N2/c1-4-18(11-13(2)3)12-14-5-6-15-7-8-17-10-16(15)9-14/h5-6,9,17H,2,4,7-8,10-12H2,1,3H3. The van der Waals surface area contributed by atoms with Crippen LogP contribution in [0.1, 0.15) is 30.5 Å². The second-order valence-electron chi connectivity index (χ2n) is 5.29. The fourth-order valence-electron chi connectivity index (χ4n) is 2.55. The Morgan fingerprint density at radius 3 is 2.94 bits per heavy atom. The largest absolute Gasteiger partial charge is 0.312 e. The summed E-state index contributed by atoms with van der Waals surface area (Å²) in [6, 6.07) is 6.95. The third-order valence-corrected chi connectivity index (χ3v) is 3.50. The van der Waals surface area contributed by atoms with E-state index in [1.165, 1.54) is 28.7 Å². The lowest BCUT2D eigenvalue weighted by atomic mass is 9.98. The van der Waals surface area contributed by atoms with Gasteiger partial charge in [0.15, 0.2) is 0 Å². The molecule has 0 aliphatic carbocycles. The van der Waals surface area contributed by atoms with Crippen LogP contribution in [0.3, 0.4) is 0 Å². The first kappa shape index (κ1) is 13.3. The Labute approximate surface area is 111 Å². The maximum Gasteiger partial charge on any atom is 0.0237 e. The van der Waals surface area contributed by atoms with Gasteiger partial charge in [-0.2, -0.15) is 0 Å². The second-order valence-corrected chi connectivity index (χ2v) is 5.29. The van der Waals surface area contributed by atoms with Gasteiger partial charge in [-0.1, -0.05) is 37.3 Å². The van der Waals surface area contributed by atoms with Gasteiger partial charge in [0.1, 0.15) is 0 Å². The lowest BCUT2D eigenvalue weighted by Gasteiger charge is -2.22. The molecule has 98 valence electrons. The number of hydrogen-bond acceptors (Lipinski definition) is 2. The molecule has 0 radical (unpaired) electrons. The van der Waals surface area contributed by atoms with Crippen LogP contribution in [0, 0.1) is 0 Å². The van der Waals surface area contributed by atoms with Crippen LogP contribution in [-0.2, 0) is 19.5 Å². The van der Waals surface area contributed by atoms with Crippen molar-refractivity contribution in [2.75, 3.05) is 19.6 Å². The summed E-state index contributed by atoms with van der Waals surface area (Å²) in [5, 5.41) is 3.44. The molecule has 2 nitrogen and oxygen atoms in total. The third-order valence-electron chi connectivity index (χ3n) is 3.50. The highest BCUT2D eigenvalue weighted by Crippen LogP contribution is 2.17. The van der Waals surface area contributed by atoms with Crippen LogP contribution in [0.25, 0.3) is 0 Å². The van der Waals surface area contributed by atoms with Gasteiger partial charge in [-0.25, -0.2) is 0 Å². The monoisotopic (exact) mass is 244 g/mol. The Hall–Kier alpha value is -1.12. The van der Waals surface area contributed by atoms with Gasteiger partial charge in [-0.05, 0) is 43.1 Å². The molecule has 0 atom stereocenters. The smallest absolute Gasteiger partial charge is 0.0237 e. The van der Waals surface area contributed by atoms with Crippen LogP contribution in [0.2, 0.25) is 0 Å². The Kier molecular flexibility index (Phi) is 4.56. The fourth-order valence-corrected chi connectivity index (χ4v) is 2.55. The highest BCUT2D eigenvalue weighted by Gasteiger charge is 2.10. The maximum atomic E-state index is 4.00. The minimum absolute atomic E-state index is 0.992.